The SMILES string of the molecule is CCN(CC)CC1C=CC(F)=CC1. The van der Waals surface area contributed by atoms with Crippen LogP contribution in [0.15, 0.2) is 24.1 Å². The Balaban J connectivity index is 2.35. The molecule has 1 aliphatic carbocycles. The Kier molecular flexibility index (Phi) is 4.16. The fourth-order valence-corrected chi connectivity index (χ4v) is 1.59. The molecule has 1 unspecified atom stereocenters. The third kappa shape index (κ3) is 3.31. The number of halogens is 1. The normalized spacial score (nSPS) is 22.2. The molecule has 0 bridgehead atoms. The van der Waals surface area contributed by atoms with Crippen molar-refractivity contribution in [3.05, 3.63) is 24.1 Å². The summed E-state index contributed by atoms with van der Waals surface area (Å²) in [6.07, 6.45) is 6.08. The largest absolute Gasteiger partial charge is 0.303 e. The minimum Gasteiger partial charge on any atom is -0.303 e. The summed E-state index contributed by atoms with van der Waals surface area (Å²) >= 11 is 0. The summed E-state index contributed by atoms with van der Waals surface area (Å²) in [6, 6.07) is 0. The highest BCUT2D eigenvalue weighted by molar-refractivity contribution is 5.17. The van der Waals surface area contributed by atoms with E-state index in [1.807, 2.05) is 6.08 Å². The summed E-state index contributed by atoms with van der Waals surface area (Å²) in [5.41, 5.74) is 0. The van der Waals surface area contributed by atoms with E-state index in [4.69, 9.17) is 0 Å². The van der Waals surface area contributed by atoms with Crippen molar-refractivity contribution < 1.29 is 4.39 Å². The summed E-state index contributed by atoms with van der Waals surface area (Å²) in [5, 5.41) is 0. The van der Waals surface area contributed by atoms with Gasteiger partial charge in [0.25, 0.3) is 0 Å². The van der Waals surface area contributed by atoms with Gasteiger partial charge in [-0.25, -0.2) is 4.39 Å². The zero-order valence-electron chi connectivity index (χ0n) is 8.46. The molecule has 0 spiro atoms. The molecule has 0 aromatic rings. The maximum Gasteiger partial charge on any atom is 0.118 e. The van der Waals surface area contributed by atoms with Crippen LogP contribution in [0.2, 0.25) is 0 Å². The highest BCUT2D eigenvalue weighted by Crippen LogP contribution is 2.17. The van der Waals surface area contributed by atoms with Crippen molar-refractivity contribution in [2.75, 3.05) is 19.6 Å². The van der Waals surface area contributed by atoms with Crippen LogP contribution in [0.25, 0.3) is 0 Å². The van der Waals surface area contributed by atoms with E-state index in [9.17, 15) is 4.39 Å². The van der Waals surface area contributed by atoms with Gasteiger partial charge in [-0.05, 0) is 37.6 Å². The molecule has 0 aromatic carbocycles. The van der Waals surface area contributed by atoms with E-state index in [-0.39, 0.29) is 5.83 Å². The van der Waals surface area contributed by atoms with Crippen LogP contribution in [0, 0.1) is 5.92 Å². The number of nitrogens with zero attached hydrogens (tertiary/aromatic N) is 1. The molecule has 2 heteroatoms. The monoisotopic (exact) mass is 183 g/mol. The van der Waals surface area contributed by atoms with Crippen LogP contribution in [0.4, 0.5) is 4.39 Å². The summed E-state index contributed by atoms with van der Waals surface area (Å²) in [5.74, 6) is 0.412. The molecule has 0 saturated carbocycles. The average molecular weight is 183 g/mol. The molecular weight excluding hydrogens is 165 g/mol. The van der Waals surface area contributed by atoms with Crippen LogP contribution in [0.1, 0.15) is 20.3 Å². The van der Waals surface area contributed by atoms with E-state index in [1.165, 1.54) is 0 Å². The van der Waals surface area contributed by atoms with Gasteiger partial charge in [0.05, 0.1) is 0 Å². The smallest absolute Gasteiger partial charge is 0.118 e. The molecule has 0 N–H and O–H groups in total. The van der Waals surface area contributed by atoms with Gasteiger partial charge in [-0.1, -0.05) is 19.9 Å². The minimum atomic E-state index is -0.0872. The first-order valence-electron chi connectivity index (χ1n) is 5.02. The Morgan fingerprint density at radius 2 is 2.15 bits per heavy atom. The molecule has 1 nitrogen and oxygen atoms in total. The lowest BCUT2D eigenvalue weighted by atomic mass is 10.00. The fraction of sp³-hybridized carbons (Fsp3) is 0.636. The zero-order valence-corrected chi connectivity index (χ0v) is 8.46. The second-order valence-electron chi connectivity index (χ2n) is 3.43. The summed E-state index contributed by atoms with van der Waals surface area (Å²) < 4.78 is 12.6. The Hall–Kier alpha value is -0.630. The molecule has 0 heterocycles. The Bertz CT molecular complexity index is 204. The molecule has 1 rings (SSSR count). The predicted octanol–water partition coefficient (Wildman–Crippen LogP) is 2.76. The minimum absolute atomic E-state index is 0.0872. The molecule has 1 aliphatic rings. The van der Waals surface area contributed by atoms with Gasteiger partial charge in [0.1, 0.15) is 5.83 Å². The van der Waals surface area contributed by atoms with Crippen molar-refractivity contribution >= 4 is 0 Å². The van der Waals surface area contributed by atoms with Gasteiger partial charge >= 0.3 is 0 Å². The summed E-state index contributed by atoms with van der Waals surface area (Å²) in [4.78, 5) is 2.37. The molecule has 74 valence electrons. The van der Waals surface area contributed by atoms with Crippen molar-refractivity contribution in [1.29, 1.82) is 0 Å². The molecular formula is C11H18FN. The second-order valence-corrected chi connectivity index (χ2v) is 3.43. The Morgan fingerprint density at radius 1 is 1.46 bits per heavy atom. The van der Waals surface area contributed by atoms with Gasteiger partial charge < -0.3 is 4.90 Å². The summed E-state index contributed by atoms with van der Waals surface area (Å²) in [6.45, 7) is 7.52. The lowest BCUT2D eigenvalue weighted by Gasteiger charge is -2.23. The standard InChI is InChI=1S/C11H18FN/c1-3-13(4-2)9-10-5-7-11(12)8-6-10/h5,7-8,10H,3-4,6,9H2,1-2H3. The first-order chi connectivity index (χ1) is 6.26. The van der Waals surface area contributed by atoms with Gasteiger partial charge in [0, 0.05) is 6.54 Å². The van der Waals surface area contributed by atoms with Crippen molar-refractivity contribution in [3.8, 4) is 0 Å². The predicted molar refractivity (Wildman–Crippen MR) is 54.2 cm³/mol. The van der Waals surface area contributed by atoms with E-state index >= 15 is 0 Å². The number of hydrogen-bond donors (Lipinski definition) is 0. The van der Waals surface area contributed by atoms with Crippen molar-refractivity contribution in [1.82, 2.24) is 4.90 Å². The van der Waals surface area contributed by atoms with E-state index in [1.54, 1.807) is 12.2 Å². The highest BCUT2D eigenvalue weighted by Gasteiger charge is 2.11. The van der Waals surface area contributed by atoms with Crippen LogP contribution in [-0.4, -0.2) is 24.5 Å². The van der Waals surface area contributed by atoms with Crippen molar-refractivity contribution in [2.45, 2.75) is 20.3 Å². The molecule has 0 aromatic heterocycles. The van der Waals surface area contributed by atoms with Crippen LogP contribution in [-0.2, 0) is 0 Å². The van der Waals surface area contributed by atoms with Gasteiger partial charge in [-0.2, -0.15) is 0 Å². The first kappa shape index (κ1) is 10.5. The molecule has 0 fully saturated rings. The lowest BCUT2D eigenvalue weighted by molar-refractivity contribution is 0.272. The third-order valence-corrected chi connectivity index (χ3v) is 2.53. The number of hydrogen-bond acceptors (Lipinski definition) is 1. The number of allylic oxidation sites excluding steroid dienone is 3. The van der Waals surface area contributed by atoms with E-state index < -0.39 is 0 Å². The van der Waals surface area contributed by atoms with Crippen molar-refractivity contribution in [3.63, 3.8) is 0 Å². The zero-order chi connectivity index (χ0) is 9.68. The quantitative estimate of drug-likeness (QED) is 0.647. The fourth-order valence-electron chi connectivity index (χ4n) is 1.59. The molecule has 0 saturated heterocycles. The lowest BCUT2D eigenvalue weighted by Crippen LogP contribution is -2.28. The molecule has 0 radical (unpaired) electrons. The first-order valence-corrected chi connectivity index (χ1v) is 5.02. The molecule has 13 heavy (non-hydrogen) atoms. The van der Waals surface area contributed by atoms with Gasteiger partial charge in [-0.15, -0.1) is 0 Å². The van der Waals surface area contributed by atoms with Gasteiger partial charge in [-0.3, -0.25) is 0 Å². The van der Waals surface area contributed by atoms with Crippen LogP contribution in [0.3, 0.4) is 0 Å². The van der Waals surface area contributed by atoms with Crippen LogP contribution in [0.5, 0.6) is 0 Å². The molecule has 0 aliphatic heterocycles. The molecule has 0 amide bonds. The maximum absolute atomic E-state index is 12.6. The van der Waals surface area contributed by atoms with Gasteiger partial charge in [0.2, 0.25) is 0 Å². The van der Waals surface area contributed by atoms with Gasteiger partial charge in [0.15, 0.2) is 0 Å². The summed E-state index contributed by atoms with van der Waals surface area (Å²) in [7, 11) is 0. The van der Waals surface area contributed by atoms with Crippen molar-refractivity contribution in [2.24, 2.45) is 5.92 Å². The third-order valence-electron chi connectivity index (χ3n) is 2.53. The van der Waals surface area contributed by atoms with Crippen LogP contribution >= 0.6 is 0 Å². The van der Waals surface area contributed by atoms with Crippen LogP contribution < -0.4 is 0 Å². The molecule has 1 atom stereocenters. The van der Waals surface area contributed by atoms with E-state index in [0.29, 0.717) is 5.92 Å². The average Bonchev–Trinajstić information content (AvgIpc) is 2.17. The maximum atomic E-state index is 12.6. The topological polar surface area (TPSA) is 3.24 Å². The Morgan fingerprint density at radius 3 is 2.62 bits per heavy atom. The highest BCUT2D eigenvalue weighted by atomic mass is 19.1. The van der Waals surface area contributed by atoms with E-state index in [0.717, 1.165) is 26.1 Å². The second kappa shape index (κ2) is 5.18. The van der Waals surface area contributed by atoms with E-state index in [2.05, 4.69) is 18.7 Å². The number of rotatable bonds is 4. The Labute approximate surface area is 79.9 Å².